The highest BCUT2D eigenvalue weighted by Crippen LogP contribution is 2.61. The normalized spacial score (nSPS) is 14.8. The molecule has 28 heavy (non-hydrogen) atoms. The monoisotopic (exact) mass is 376 g/mol. The highest BCUT2D eigenvalue weighted by atomic mass is 32.2. The van der Waals surface area contributed by atoms with E-state index in [1.807, 2.05) is 17.8 Å². The van der Waals surface area contributed by atoms with Crippen molar-refractivity contribution >= 4 is 24.7 Å². The molecule has 0 bridgehead atoms. The van der Waals surface area contributed by atoms with Crippen molar-refractivity contribution in [2.45, 2.75) is 15.2 Å². The number of hydrogen-bond acceptors (Lipinski definition) is 2. The second-order valence-electron chi connectivity index (χ2n) is 7.43. The molecule has 1 N–H and O–H groups in total. The molecule has 4 aromatic rings. The number of hydrogen-bond donors (Lipinski definition) is 1. The van der Waals surface area contributed by atoms with Crippen molar-refractivity contribution in [3.05, 3.63) is 113 Å². The van der Waals surface area contributed by atoms with Crippen molar-refractivity contribution in [2.24, 2.45) is 0 Å². The van der Waals surface area contributed by atoms with Gasteiger partial charge in [0.1, 0.15) is 0 Å². The summed E-state index contributed by atoms with van der Waals surface area (Å²) in [6, 6.07) is 32.8. The van der Waals surface area contributed by atoms with Crippen LogP contribution in [0.4, 0.5) is 0 Å². The molecule has 0 aromatic heterocycles. The van der Waals surface area contributed by atoms with Crippen molar-refractivity contribution in [3.63, 3.8) is 0 Å². The molecule has 0 saturated heterocycles. The lowest BCUT2D eigenvalue weighted by molar-refractivity contribution is 0.615. The van der Waals surface area contributed by atoms with Crippen LogP contribution in [0, 0.1) is 0 Å². The summed E-state index contributed by atoms with van der Waals surface area (Å²) >= 11 is 1.85. The first kappa shape index (κ1) is 16.2. The van der Waals surface area contributed by atoms with Gasteiger partial charge in [0.05, 0.1) is 5.41 Å². The summed E-state index contributed by atoms with van der Waals surface area (Å²) in [5.74, 6) is 0. The third-order valence-electron chi connectivity index (χ3n) is 6.09. The molecular formula is C25H17BOS. The van der Waals surface area contributed by atoms with Gasteiger partial charge in [-0.15, -0.1) is 0 Å². The number of rotatable bonds is 1. The molecule has 4 aromatic carbocycles. The Balaban J connectivity index is 1.84. The molecule has 0 saturated carbocycles. The summed E-state index contributed by atoms with van der Waals surface area (Å²) in [5.41, 5.74) is 8.46. The largest absolute Gasteiger partial charge is 0.449 e. The summed E-state index contributed by atoms with van der Waals surface area (Å²) in [5, 5.41) is 9.86. The van der Waals surface area contributed by atoms with Crippen molar-refractivity contribution in [3.8, 4) is 11.1 Å². The zero-order chi connectivity index (χ0) is 18.7. The highest BCUT2D eigenvalue weighted by molar-refractivity contribution is 7.99. The van der Waals surface area contributed by atoms with E-state index in [0.29, 0.717) is 0 Å². The van der Waals surface area contributed by atoms with Crippen LogP contribution in [0.2, 0.25) is 0 Å². The van der Waals surface area contributed by atoms with Crippen LogP contribution in [-0.2, 0) is 5.41 Å². The van der Waals surface area contributed by atoms with Gasteiger partial charge < -0.3 is 5.02 Å². The van der Waals surface area contributed by atoms with E-state index >= 15 is 0 Å². The molecule has 1 aliphatic carbocycles. The molecule has 2 aliphatic rings. The fraction of sp³-hybridized carbons (Fsp3) is 0.0400. The zero-order valence-corrected chi connectivity index (χ0v) is 16.0. The van der Waals surface area contributed by atoms with E-state index in [9.17, 15) is 5.02 Å². The Morgan fingerprint density at radius 3 is 1.86 bits per heavy atom. The summed E-state index contributed by atoms with van der Waals surface area (Å²) < 4.78 is 0. The first-order valence-electron chi connectivity index (χ1n) is 9.55. The van der Waals surface area contributed by atoms with E-state index in [2.05, 4.69) is 84.9 Å². The Hall–Kier alpha value is -2.75. The molecule has 0 radical (unpaired) electrons. The average molecular weight is 376 g/mol. The zero-order valence-electron chi connectivity index (χ0n) is 15.2. The van der Waals surface area contributed by atoms with E-state index in [1.165, 1.54) is 43.2 Å². The second-order valence-corrected chi connectivity index (χ2v) is 8.51. The van der Waals surface area contributed by atoms with Gasteiger partial charge in [-0.05, 0) is 45.5 Å². The van der Waals surface area contributed by atoms with E-state index in [1.54, 1.807) is 0 Å². The Bertz CT molecular complexity index is 1200. The molecule has 1 spiro atoms. The van der Waals surface area contributed by atoms with Crippen LogP contribution in [0.25, 0.3) is 11.1 Å². The maximum Gasteiger partial charge on any atom is 0.304 e. The lowest BCUT2D eigenvalue weighted by Crippen LogP contribution is -2.33. The van der Waals surface area contributed by atoms with Gasteiger partial charge in [0.2, 0.25) is 0 Å². The highest BCUT2D eigenvalue weighted by Gasteiger charge is 2.49. The molecule has 0 fully saturated rings. The Kier molecular flexibility index (Phi) is 3.41. The molecule has 6 rings (SSSR count). The van der Waals surface area contributed by atoms with Crippen LogP contribution in [0.5, 0.6) is 0 Å². The summed E-state index contributed by atoms with van der Waals surface area (Å²) in [6.45, 7) is 0. The minimum Gasteiger partial charge on any atom is -0.449 e. The lowest BCUT2D eigenvalue weighted by Gasteiger charge is -2.39. The van der Waals surface area contributed by atoms with E-state index < -0.39 is 0 Å². The van der Waals surface area contributed by atoms with Crippen LogP contribution in [0.3, 0.4) is 0 Å². The maximum absolute atomic E-state index is 9.86. The van der Waals surface area contributed by atoms with E-state index in [0.717, 1.165) is 5.46 Å². The summed E-state index contributed by atoms with van der Waals surface area (Å²) in [4.78, 5) is 2.61. The van der Waals surface area contributed by atoms with Crippen LogP contribution in [-0.4, -0.2) is 12.5 Å². The van der Waals surface area contributed by atoms with Crippen molar-refractivity contribution in [1.29, 1.82) is 0 Å². The predicted molar refractivity (Wildman–Crippen MR) is 117 cm³/mol. The molecule has 132 valence electrons. The van der Waals surface area contributed by atoms with Gasteiger partial charge in [-0.1, -0.05) is 96.1 Å². The topological polar surface area (TPSA) is 20.2 Å². The van der Waals surface area contributed by atoms with Crippen LogP contribution in [0.15, 0.2) is 101 Å². The average Bonchev–Trinajstić information content (AvgIpc) is 3.05. The molecule has 1 nitrogen and oxygen atoms in total. The van der Waals surface area contributed by atoms with E-state index in [4.69, 9.17) is 0 Å². The van der Waals surface area contributed by atoms with Gasteiger partial charge in [0, 0.05) is 9.79 Å². The molecule has 1 heterocycles. The minimum absolute atomic E-state index is 0.0533. The van der Waals surface area contributed by atoms with Gasteiger partial charge in [0.25, 0.3) is 0 Å². The molecule has 0 amide bonds. The van der Waals surface area contributed by atoms with Gasteiger partial charge in [-0.25, -0.2) is 0 Å². The molecular weight excluding hydrogens is 359 g/mol. The number of benzene rings is 4. The standard InChI is InChI=1S/C25H17BOS/c27-26-16-13-14-18-17-7-1-2-8-19(17)25(22(18)15-16)20-9-3-5-11-23(20)28-24-12-6-4-10-21(24)25/h1-15,26-27H. The fourth-order valence-electron chi connectivity index (χ4n) is 5.00. The molecule has 3 heteroatoms. The second kappa shape index (κ2) is 5.87. The third kappa shape index (κ3) is 1.93. The molecule has 0 atom stereocenters. The Labute approximate surface area is 169 Å². The third-order valence-corrected chi connectivity index (χ3v) is 7.25. The van der Waals surface area contributed by atoms with Gasteiger partial charge in [-0.3, -0.25) is 0 Å². The SMILES string of the molecule is OBc1ccc2c(c1)C1(c3ccccc3Sc3ccccc31)c1ccccc1-2. The molecule has 1 aliphatic heterocycles. The predicted octanol–water partition coefficient (Wildman–Crippen LogP) is 4.48. The van der Waals surface area contributed by atoms with Gasteiger partial charge >= 0.3 is 7.48 Å². The Morgan fingerprint density at radius 2 is 1.18 bits per heavy atom. The van der Waals surface area contributed by atoms with E-state index in [-0.39, 0.29) is 12.9 Å². The summed E-state index contributed by atoms with van der Waals surface area (Å²) in [7, 11) is 0.0533. The quantitative estimate of drug-likeness (QED) is 0.427. The van der Waals surface area contributed by atoms with Crippen molar-refractivity contribution in [1.82, 2.24) is 0 Å². The van der Waals surface area contributed by atoms with Crippen LogP contribution < -0.4 is 5.46 Å². The van der Waals surface area contributed by atoms with Crippen LogP contribution >= 0.6 is 11.8 Å². The molecule has 0 unspecified atom stereocenters. The Morgan fingerprint density at radius 1 is 0.607 bits per heavy atom. The van der Waals surface area contributed by atoms with Crippen molar-refractivity contribution < 1.29 is 5.02 Å². The fourth-order valence-corrected chi connectivity index (χ4v) is 6.19. The van der Waals surface area contributed by atoms with Gasteiger partial charge in [-0.2, -0.15) is 0 Å². The van der Waals surface area contributed by atoms with Crippen molar-refractivity contribution in [2.75, 3.05) is 0 Å². The maximum atomic E-state index is 9.86. The van der Waals surface area contributed by atoms with Gasteiger partial charge in [0.15, 0.2) is 0 Å². The van der Waals surface area contributed by atoms with Crippen LogP contribution in [0.1, 0.15) is 22.3 Å². The lowest BCUT2D eigenvalue weighted by atomic mass is 9.66. The first-order chi connectivity index (χ1) is 13.8. The number of fused-ring (bicyclic) bond motifs is 9. The first-order valence-corrected chi connectivity index (χ1v) is 10.4. The smallest absolute Gasteiger partial charge is 0.304 e. The summed E-state index contributed by atoms with van der Waals surface area (Å²) in [6.07, 6.45) is 0. The minimum atomic E-state index is -0.338.